The second-order valence-corrected chi connectivity index (χ2v) is 4.42. The van der Waals surface area contributed by atoms with Gasteiger partial charge in [0.25, 0.3) is 5.56 Å². The van der Waals surface area contributed by atoms with Gasteiger partial charge in [0.2, 0.25) is 5.95 Å². The summed E-state index contributed by atoms with van der Waals surface area (Å²) in [4.78, 5) is 29.0. The van der Waals surface area contributed by atoms with Gasteiger partial charge in [-0.25, -0.2) is 15.0 Å². The molecule has 1 aliphatic rings. The molecule has 0 saturated carbocycles. The van der Waals surface area contributed by atoms with Crippen molar-refractivity contribution in [2.45, 2.75) is 12.8 Å². The molecule has 0 atom stereocenters. The summed E-state index contributed by atoms with van der Waals surface area (Å²) in [5, 5.41) is 0. The molecule has 1 saturated heterocycles. The van der Waals surface area contributed by atoms with E-state index in [9.17, 15) is 4.79 Å². The maximum Gasteiger partial charge on any atom is 0.251 e. The van der Waals surface area contributed by atoms with Crippen LogP contribution in [0, 0.1) is 6.92 Å². The van der Waals surface area contributed by atoms with Gasteiger partial charge >= 0.3 is 0 Å². The first kappa shape index (κ1) is 10.9. The van der Waals surface area contributed by atoms with Gasteiger partial charge in [-0.15, -0.1) is 0 Å². The van der Waals surface area contributed by atoms with Gasteiger partial charge in [-0.1, -0.05) is 0 Å². The molecule has 2 aromatic rings. The predicted octanol–water partition coefficient (Wildman–Crippen LogP) is 0.472. The molecule has 1 N–H and O–H groups in total. The highest BCUT2D eigenvalue weighted by Crippen LogP contribution is 2.26. The Kier molecular flexibility index (Phi) is 2.55. The smallest absolute Gasteiger partial charge is 0.251 e. The quantitative estimate of drug-likeness (QED) is 0.830. The molecular formula is C12H13N5O. The van der Waals surface area contributed by atoms with Crippen LogP contribution >= 0.6 is 0 Å². The largest absolute Gasteiger partial charge is 0.339 e. The molecule has 0 amide bonds. The van der Waals surface area contributed by atoms with Gasteiger partial charge in [-0.3, -0.25) is 4.79 Å². The number of aryl methyl sites for hydroxylation is 1. The Balaban J connectivity index is 1.74. The molecule has 1 fully saturated rings. The molecule has 3 heterocycles. The number of aromatic amines is 1. The zero-order chi connectivity index (χ0) is 12.5. The molecule has 3 rings (SSSR count). The van der Waals surface area contributed by atoms with E-state index in [2.05, 4.69) is 24.8 Å². The lowest BCUT2D eigenvalue weighted by Gasteiger charge is -2.38. The lowest BCUT2D eigenvalue weighted by molar-refractivity contribution is 0.488. The Hall–Kier alpha value is -2.24. The molecular weight excluding hydrogens is 230 g/mol. The molecule has 0 bridgehead atoms. The number of rotatable bonds is 2. The van der Waals surface area contributed by atoms with Gasteiger partial charge in [0, 0.05) is 37.2 Å². The minimum Gasteiger partial charge on any atom is -0.339 e. The first-order valence-corrected chi connectivity index (χ1v) is 5.82. The summed E-state index contributed by atoms with van der Waals surface area (Å²) in [7, 11) is 0. The van der Waals surface area contributed by atoms with Crippen LogP contribution in [-0.4, -0.2) is 33.0 Å². The fourth-order valence-corrected chi connectivity index (χ4v) is 2.06. The van der Waals surface area contributed by atoms with Gasteiger partial charge < -0.3 is 9.88 Å². The van der Waals surface area contributed by atoms with E-state index >= 15 is 0 Å². The van der Waals surface area contributed by atoms with Crippen molar-refractivity contribution < 1.29 is 0 Å². The first-order valence-electron chi connectivity index (χ1n) is 5.82. The standard InChI is InChI=1S/C12H13N5O/c1-8-5-10(18)16-11(15-8)9-6-17(7-9)12-13-3-2-4-14-12/h2-5,9H,6-7H2,1H3,(H,15,16,18). The van der Waals surface area contributed by atoms with Gasteiger partial charge in [0.15, 0.2) is 0 Å². The van der Waals surface area contributed by atoms with E-state index in [1.165, 1.54) is 6.07 Å². The number of anilines is 1. The molecule has 0 aliphatic carbocycles. The second-order valence-electron chi connectivity index (χ2n) is 4.42. The maximum absolute atomic E-state index is 11.4. The van der Waals surface area contributed by atoms with Crippen LogP contribution < -0.4 is 10.5 Å². The third-order valence-electron chi connectivity index (χ3n) is 2.99. The summed E-state index contributed by atoms with van der Waals surface area (Å²) < 4.78 is 0. The minimum absolute atomic E-state index is 0.0908. The van der Waals surface area contributed by atoms with Crippen molar-refractivity contribution in [3.05, 3.63) is 46.4 Å². The summed E-state index contributed by atoms with van der Waals surface area (Å²) in [6.07, 6.45) is 3.45. The van der Waals surface area contributed by atoms with Crippen molar-refractivity contribution in [3.63, 3.8) is 0 Å². The Labute approximate surface area is 104 Å². The molecule has 0 aromatic carbocycles. The molecule has 0 spiro atoms. The monoisotopic (exact) mass is 243 g/mol. The SMILES string of the molecule is Cc1cc(=O)[nH]c(C2CN(c3ncccn3)C2)n1. The van der Waals surface area contributed by atoms with E-state index in [-0.39, 0.29) is 11.5 Å². The van der Waals surface area contributed by atoms with E-state index in [1.807, 2.05) is 6.92 Å². The molecule has 6 nitrogen and oxygen atoms in total. The number of hydrogen-bond acceptors (Lipinski definition) is 5. The van der Waals surface area contributed by atoms with Gasteiger partial charge in [0.05, 0.1) is 5.92 Å². The summed E-state index contributed by atoms with van der Waals surface area (Å²) >= 11 is 0. The molecule has 18 heavy (non-hydrogen) atoms. The third-order valence-corrected chi connectivity index (χ3v) is 2.99. The Morgan fingerprint density at radius 1 is 1.33 bits per heavy atom. The van der Waals surface area contributed by atoms with Crippen LogP contribution in [0.2, 0.25) is 0 Å². The zero-order valence-electron chi connectivity index (χ0n) is 10.00. The minimum atomic E-state index is -0.0908. The fraction of sp³-hybridized carbons (Fsp3) is 0.333. The van der Waals surface area contributed by atoms with Crippen LogP contribution in [0.3, 0.4) is 0 Å². The zero-order valence-corrected chi connectivity index (χ0v) is 10.00. The highest BCUT2D eigenvalue weighted by molar-refractivity contribution is 5.36. The van der Waals surface area contributed by atoms with E-state index < -0.39 is 0 Å². The van der Waals surface area contributed by atoms with E-state index in [1.54, 1.807) is 18.5 Å². The molecule has 2 aromatic heterocycles. The topological polar surface area (TPSA) is 74.8 Å². The number of nitrogens with zero attached hydrogens (tertiary/aromatic N) is 4. The van der Waals surface area contributed by atoms with Crippen molar-refractivity contribution in [1.29, 1.82) is 0 Å². The lowest BCUT2D eigenvalue weighted by Crippen LogP contribution is -2.47. The third kappa shape index (κ3) is 1.97. The van der Waals surface area contributed by atoms with Gasteiger partial charge in [0.1, 0.15) is 5.82 Å². The van der Waals surface area contributed by atoms with Gasteiger partial charge in [-0.2, -0.15) is 0 Å². The number of aromatic nitrogens is 4. The van der Waals surface area contributed by atoms with Crippen molar-refractivity contribution in [1.82, 2.24) is 19.9 Å². The van der Waals surface area contributed by atoms with E-state index in [4.69, 9.17) is 0 Å². The fourth-order valence-electron chi connectivity index (χ4n) is 2.06. The lowest BCUT2D eigenvalue weighted by atomic mass is 10.00. The van der Waals surface area contributed by atoms with E-state index in [0.29, 0.717) is 0 Å². The molecule has 1 aliphatic heterocycles. The number of H-pyrrole nitrogens is 1. The van der Waals surface area contributed by atoms with Crippen molar-refractivity contribution >= 4 is 5.95 Å². The average molecular weight is 243 g/mol. The maximum atomic E-state index is 11.4. The Morgan fingerprint density at radius 2 is 2.06 bits per heavy atom. The first-order chi connectivity index (χ1) is 8.72. The summed E-state index contributed by atoms with van der Waals surface area (Å²) in [5.74, 6) is 1.73. The average Bonchev–Trinajstić information content (AvgIpc) is 2.27. The molecule has 6 heteroatoms. The van der Waals surface area contributed by atoms with Crippen molar-refractivity contribution in [3.8, 4) is 0 Å². The Bertz CT molecular complexity index is 603. The Morgan fingerprint density at radius 3 is 2.72 bits per heavy atom. The molecule has 92 valence electrons. The number of hydrogen-bond donors (Lipinski definition) is 1. The van der Waals surface area contributed by atoms with Crippen LogP contribution in [0.1, 0.15) is 17.4 Å². The molecule has 0 radical (unpaired) electrons. The normalized spacial score (nSPS) is 15.5. The van der Waals surface area contributed by atoms with Crippen LogP contribution in [0.25, 0.3) is 0 Å². The van der Waals surface area contributed by atoms with Crippen LogP contribution in [0.4, 0.5) is 5.95 Å². The molecule has 0 unspecified atom stereocenters. The summed E-state index contributed by atoms with van der Waals surface area (Å²) in [6.45, 7) is 3.41. The summed E-state index contributed by atoms with van der Waals surface area (Å²) in [5.41, 5.74) is 0.662. The highest BCUT2D eigenvalue weighted by Gasteiger charge is 2.31. The summed E-state index contributed by atoms with van der Waals surface area (Å²) in [6, 6.07) is 3.29. The van der Waals surface area contributed by atoms with Crippen LogP contribution in [-0.2, 0) is 0 Å². The highest BCUT2D eigenvalue weighted by atomic mass is 16.1. The van der Waals surface area contributed by atoms with Crippen LogP contribution in [0.15, 0.2) is 29.3 Å². The van der Waals surface area contributed by atoms with Crippen molar-refractivity contribution in [2.24, 2.45) is 0 Å². The second kappa shape index (κ2) is 4.21. The van der Waals surface area contributed by atoms with E-state index in [0.717, 1.165) is 30.6 Å². The predicted molar refractivity (Wildman–Crippen MR) is 66.6 cm³/mol. The van der Waals surface area contributed by atoms with Crippen LogP contribution in [0.5, 0.6) is 0 Å². The number of nitrogens with one attached hydrogen (secondary N) is 1. The van der Waals surface area contributed by atoms with Gasteiger partial charge in [-0.05, 0) is 13.0 Å². The van der Waals surface area contributed by atoms with Crippen molar-refractivity contribution in [2.75, 3.05) is 18.0 Å².